The van der Waals surface area contributed by atoms with Crippen molar-refractivity contribution in [2.75, 3.05) is 0 Å². The number of carbonyl (C=O) groups is 2. The number of nitrogens with zero attached hydrogens (tertiary/aromatic N) is 5. The van der Waals surface area contributed by atoms with E-state index in [9.17, 15) is 14.7 Å². The lowest BCUT2D eigenvalue weighted by molar-refractivity contribution is 0.0994. The summed E-state index contributed by atoms with van der Waals surface area (Å²) in [6, 6.07) is 12.3. The zero-order valence-electron chi connectivity index (χ0n) is 16.0. The maximum absolute atomic E-state index is 12.0. The number of rotatable bonds is 3. The molecular weight excluding hydrogens is 414 g/mol. The third-order valence-corrected chi connectivity index (χ3v) is 5.03. The second-order valence-corrected chi connectivity index (χ2v) is 7.26. The van der Waals surface area contributed by atoms with Crippen molar-refractivity contribution in [3.8, 4) is 0 Å². The van der Waals surface area contributed by atoms with E-state index in [1.807, 2.05) is 30.3 Å². The second-order valence-electron chi connectivity index (χ2n) is 6.26. The molecule has 1 aromatic heterocycles. The number of aliphatic hydroxyl groups excluding tert-OH is 1. The molecule has 3 heterocycles. The number of benzene rings is 1. The van der Waals surface area contributed by atoms with E-state index >= 15 is 0 Å². The lowest BCUT2D eigenvalue weighted by atomic mass is 10.1. The summed E-state index contributed by atoms with van der Waals surface area (Å²) in [6.45, 7) is 0. The van der Waals surface area contributed by atoms with Crippen LogP contribution in [0.15, 0.2) is 111 Å². The molecule has 0 atom stereocenters. The predicted octanol–water partition coefficient (Wildman–Crippen LogP) is 5.09. The van der Waals surface area contributed by atoms with Crippen molar-refractivity contribution in [1.29, 1.82) is 0 Å². The van der Waals surface area contributed by atoms with Crippen molar-refractivity contribution in [1.82, 2.24) is 9.88 Å². The summed E-state index contributed by atoms with van der Waals surface area (Å²) in [5.41, 5.74) is 1.68. The molecule has 0 unspecified atom stereocenters. The maximum atomic E-state index is 12.0. The van der Waals surface area contributed by atoms with Crippen molar-refractivity contribution in [2.45, 2.75) is 0 Å². The number of aliphatic hydroxyl groups is 1. The van der Waals surface area contributed by atoms with Gasteiger partial charge in [0.25, 0.3) is 5.91 Å². The fourth-order valence-electron chi connectivity index (χ4n) is 2.75. The molecule has 8 nitrogen and oxygen atoms in total. The standard InChI is InChI=1S/C22H15N5O3S/c28-19(15-4-2-1-3-5-15)16-8-12-27(13-9-16)20-18(31-22(30)25-20)14-24-26-21(29)17-6-10-23-11-7-17/h1-14,28H/b18-14-,26-24?. The van der Waals surface area contributed by atoms with Gasteiger partial charge in [0, 0.05) is 41.5 Å². The van der Waals surface area contributed by atoms with Gasteiger partial charge in [-0.05, 0) is 36.0 Å². The summed E-state index contributed by atoms with van der Waals surface area (Å²) in [5.74, 6) is -0.0159. The molecule has 0 radical (unpaired) electrons. The zero-order chi connectivity index (χ0) is 21.6. The Morgan fingerprint density at radius 3 is 2.45 bits per heavy atom. The van der Waals surface area contributed by atoms with E-state index < -0.39 is 11.1 Å². The Labute approximate surface area is 181 Å². The summed E-state index contributed by atoms with van der Waals surface area (Å²) in [6.07, 6.45) is 11.1. The molecule has 0 saturated carbocycles. The van der Waals surface area contributed by atoms with Crippen LogP contribution in [0.2, 0.25) is 0 Å². The number of allylic oxidation sites excluding steroid dienone is 3. The van der Waals surface area contributed by atoms with E-state index in [1.165, 1.54) is 30.7 Å². The normalized spacial score (nSPS) is 17.0. The number of pyridine rings is 1. The number of aliphatic imine (C=N–C) groups is 1. The first-order valence-corrected chi connectivity index (χ1v) is 9.93. The van der Waals surface area contributed by atoms with Crippen molar-refractivity contribution >= 4 is 34.5 Å². The van der Waals surface area contributed by atoms with Gasteiger partial charge in [0.1, 0.15) is 5.76 Å². The lowest BCUT2D eigenvalue weighted by Gasteiger charge is -2.19. The lowest BCUT2D eigenvalue weighted by Crippen LogP contribution is -2.20. The number of hydrogen-bond acceptors (Lipinski definition) is 7. The molecule has 0 aliphatic carbocycles. The predicted molar refractivity (Wildman–Crippen MR) is 118 cm³/mol. The molecule has 0 fully saturated rings. The van der Waals surface area contributed by atoms with Crippen LogP contribution < -0.4 is 0 Å². The highest BCUT2D eigenvalue weighted by molar-refractivity contribution is 8.18. The molecule has 2 aliphatic rings. The highest BCUT2D eigenvalue weighted by Gasteiger charge is 2.26. The van der Waals surface area contributed by atoms with Crippen LogP contribution in [0.1, 0.15) is 15.9 Å². The van der Waals surface area contributed by atoms with Crippen molar-refractivity contribution < 1.29 is 14.7 Å². The van der Waals surface area contributed by atoms with Gasteiger partial charge in [0.05, 0.1) is 11.1 Å². The topological polar surface area (TPSA) is 108 Å². The van der Waals surface area contributed by atoms with E-state index in [-0.39, 0.29) is 5.76 Å². The molecule has 0 spiro atoms. The van der Waals surface area contributed by atoms with E-state index in [0.717, 1.165) is 11.8 Å². The monoisotopic (exact) mass is 429 g/mol. The van der Waals surface area contributed by atoms with Gasteiger partial charge >= 0.3 is 5.24 Å². The van der Waals surface area contributed by atoms with Gasteiger partial charge in [-0.3, -0.25) is 14.6 Å². The van der Waals surface area contributed by atoms with Crippen molar-refractivity contribution in [2.24, 2.45) is 15.2 Å². The van der Waals surface area contributed by atoms with Crippen LogP contribution in [-0.2, 0) is 0 Å². The molecule has 152 valence electrons. The zero-order valence-corrected chi connectivity index (χ0v) is 16.8. The highest BCUT2D eigenvalue weighted by atomic mass is 32.2. The van der Waals surface area contributed by atoms with Gasteiger partial charge in [0.15, 0.2) is 5.84 Å². The van der Waals surface area contributed by atoms with Crippen LogP contribution in [0.3, 0.4) is 0 Å². The van der Waals surface area contributed by atoms with E-state index in [2.05, 4.69) is 20.2 Å². The molecule has 9 heteroatoms. The fraction of sp³-hybridized carbons (Fsp3) is 0. The Balaban J connectivity index is 1.50. The molecule has 31 heavy (non-hydrogen) atoms. The molecule has 4 rings (SSSR count). The minimum atomic E-state index is -0.518. The van der Waals surface area contributed by atoms with E-state index in [1.54, 1.807) is 29.5 Å². The van der Waals surface area contributed by atoms with Crippen LogP contribution in [0.4, 0.5) is 4.79 Å². The minimum absolute atomic E-state index is 0.144. The summed E-state index contributed by atoms with van der Waals surface area (Å²) in [5, 5.41) is 17.5. The number of aromatic nitrogens is 1. The maximum Gasteiger partial charge on any atom is 0.311 e. The van der Waals surface area contributed by atoms with Gasteiger partial charge in [-0.15, -0.1) is 5.11 Å². The van der Waals surface area contributed by atoms with Crippen LogP contribution in [0.5, 0.6) is 0 Å². The number of azo groups is 1. The van der Waals surface area contributed by atoms with Gasteiger partial charge in [0.2, 0.25) is 0 Å². The molecule has 1 N–H and O–H groups in total. The van der Waals surface area contributed by atoms with Crippen LogP contribution in [0, 0.1) is 0 Å². The Bertz CT molecular complexity index is 1180. The second kappa shape index (κ2) is 9.14. The molecule has 2 aliphatic heterocycles. The van der Waals surface area contributed by atoms with Gasteiger partial charge < -0.3 is 10.0 Å². The summed E-state index contributed by atoms with van der Waals surface area (Å²) in [7, 11) is 0. The molecule has 0 saturated heterocycles. The Kier molecular flexibility index (Phi) is 5.95. The average molecular weight is 429 g/mol. The highest BCUT2D eigenvalue weighted by Crippen LogP contribution is 2.31. The van der Waals surface area contributed by atoms with Crippen LogP contribution >= 0.6 is 11.8 Å². The molecule has 2 amide bonds. The molecule has 2 aromatic rings. The average Bonchev–Trinajstić information content (AvgIpc) is 3.20. The summed E-state index contributed by atoms with van der Waals surface area (Å²) < 4.78 is 0. The summed E-state index contributed by atoms with van der Waals surface area (Å²) >= 11 is 0.891. The van der Waals surface area contributed by atoms with Crippen molar-refractivity contribution in [3.63, 3.8) is 0 Å². The number of thioether (sulfide) groups is 1. The first kappa shape index (κ1) is 20.2. The van der Waals surface area contributed by atoms with Gasteiger partial charge in [-0.25, -0.2) is 0 Å². The largest absolute Gasteiger partial charge is 0.507 e. The van der Waals surface area contributed by atoms with E-state index in [0.29, 0.717) is 27.4 Å². The van der Waals surface area contributed by atoms with Crippen LogP contribution in [-0.4, -0.2) is 32.0 Å². The minimum Gasteiger partial charge on any atom is -0.507 e. The Morgan fingerprint density at radius 1 is 1.03 bits per heavy atom. The third kappa shape index (κ3) is 4.73. The number of amides is 2. The van der Waals surface area contributed by atoms with E-state index in [4.69, 9.17) is 0 Å². The van der Waals surface area contributed by atoms with Gasteiger partial charge in [-0.2, -0.15) is 10.1 Å². The summed E-state index contributed by atoms with van der Waals surface area (Å²) in [4.78, 5) is 33.8. The SMILES string of the molecule is O=C1N=C(N2C=CC(=C(O)c3ccccc3)C=C2)/C(=C/N=NC(=O)c2ccncc2)S1. The number of hydrogen-bond donors (Lipinski definition) is 1. The Hall–Kier alpha value is -4.11. The number of amidine groups is 1. The quantitative estimate of drug-likeness (QED) is 0.538. The van der Waals surface area contributed by atoms with Crippen LogP contribution in [0.25, 0.3) is 5.76 Å². The fourth-order valence-corrected chi connectivity index (χ4v) is 3.41. The van der Waals surface area contributed by atoms with Gasteiger partial charge in [-0.1, -0.05) is 30.3 Å². The Morgan fingerprint density at radius 2 is 1.74 bits per heavy atom. The molecular formula is C22H15N5O3S. The third-order valence-electron chi connectivity index (χ3n) is 4.26. The first-order chi connectivity index (χ1) is 15.1. The molecule has 0 bridgehead atoms. The van der Waals surface area contributed by atoms with Crippen molar-refractivity contribution in [3.05, 3.63) is 107 Å². The smallest absolute Gasteiger partial charge is 0.311 e. The molecule has 1 aromatic carbocycles. The number of carbonyl (C=O) groups excluding carboxylic acids is 2. The first-order valence-electron chi connectivity index (χ1n) is 9.11.